The second-order valence-electron chi connectivity index (χ2n) is 6.23. The summed E-state index contributed by atoms with van der Waals surface area (Å²) in [6, 6.07) is 7.70. The van der Waals surface area contributed by atoms with Crippen molar-refractivity contribution >= 4 is 17.7 Å². The Balaban J connectivity index is 1.96. The van der Waals surface area contributed by atoms with Crippen molar-refractivity contribution in [3.05, 3.63) is 69.8 Å². The number of thioether (sulfide) groups is 1. The quantitative estimate of drug-likeness (QED) is 0.804. The van der Waals surface area contributed by atoms with Gasteiger partial charge in [0.1, 0.15) is 17.0 Å². The smallest absolute Gasteiger partial charge is 0.234 e. The lowest BCUT2D eigenvalue weighted by Crippen LogP contribution is -2.28. The standard InChI is InChI=1S/C19H19F2NOS/c1-11-6-12(2)18(13(3)7-11)19-22(17(23)10-24-19)9-14-4-5-15(20)8-16(14)21/h4-8,19H,9-10H2,1-3H3. The molecule has 0 aliphatic carbocycles. The molecule has 0 spiro atoms. The number of rotatable bonds is 3. The molecule has 2 aromatic rings. The summed E-state index contributed by atoms with van der Waals surface area (Å²) in [6.45, 7) is 6.27. The molecule has 1 saturated heterocycles. The van der Waals surface area contributed by atoms with Crippen LogP contribution in [0.15, 0.2) is 30.3 Å². The number of hydrogen-bond acceptors (Lipinski definition) is 2. The zero-order valence-electron chi connectivity index (χ0n) is 13.9. The highest BCUT2D eigenvalue weighted by molar-refractivity contribution is 8.00. The number of benzene rings is 2. The van der Waals surface area contributed by atoms with Crippen LogP contribution in [0.1, 0.15) is 33.2 Å². The molecule has 1 amide bonds. The average molecular weight is 347 g/mol. The summed E-state index contributed by atoms with van der Waals surface area (Å²) in [4.78, 5) is 14.0. The number of halogens is 2. The highest BCUT2D eigenvalue weighted by atomic mass is 32.2. The molecule has 24 heavy (non-hydrogen) atoms. The minimum atomic E-state index is -0.615. The zero-order valence-corrected chi connectivity index (χ0v) is 14.7. The van der Waals surface area contributed by atoms with E-state index in [1.165, 1.54) is 17.7 Å². The molecule has 0 N–H and O–H groups in total. The van der Waals surface area contributed by atoms with Crippen LogP contribution >= 0.6 is 11.8 Å². The van der Waals surface area contributed by atoms with Crippen molar-refractivity contribution in [1.82, 2.24) is 4.90 Å². The van der Waals surface area contributed by atoms with E-state index < -0.39 is 11.6 Å². The average Bonchev–Trinajstić information content (AvgIpc) is 2.82. The molecule has 0 radical (unpaired) electrons. The van der Waals surface area contributed by atoms with Gasteiger partial charge in [0, 0.05) is 18.2 Å². The van der Waals surface area contributed by atoms with E-state index in [0.29, 0.717) is 11.3 Å². The van der Waals surface area contributed by atoms with Gasteiger partial charge >= 0.3 is 0 Å². The van der Waals surface area contributed by atoms with E-state index in [2.05, 4.69) is 12.1 Å². The third-order valence-electron chi connectivity index (χ3n) is 4.31. The van der Waals surface area contributed by atoms with Crippen LogP contribution in [0.2, 0.25) is 0 Å². The molecule has 0 aromatic heterocycles. The topological polar surface area (TPSA) is 20.3 Å². The number of aryl methyl sites for hydroxylation is 3. The maximum Gasteiger partial charge on any atom is 0.234 e. The van der Waals surface area contributed by atoms with Gasteiger partial charge in [-0.15, -0.1) is 11.8 Å². The van der Waals surface area contributed by atoms with Crippen molar-refractivity contribution in [1.29, 1.82) is 0 Å². The summed E-state index contributed by atoms with van der Waals surface area (Å²) < 4.78 is 27.1. The molecule has 126 valence electrons. The van der Waals surface area contributed by atoms with Crippen LogP contribution in [0.3, 0.4) is 0 Å². The minimum Gasteiger partial charge on any atom is -0.321 e. The Hall–Kier alpha value is -1.88. The first kappa shape index (κ1) is 17.0. The Morgan fingerprint density at radius 3 is 2.42 bits per heavy atom. The van der Waals surface area contributed by atoms with Crippen molar-refractivity contribution < 1.29 is 13.6 Å². The van der Waals surface area contributed by atoms with Gasteiger partial charge in [-0.2, -0.15) is 0 Å². The maximum absolute atomic E-state index is 14.0. The third kappa shape index (κ3) is 3.18. The molecule has 1 heterocycles. The van der Waals surface area contributed by atoms with Crippen LogP contribution in [0.4, 0.5) is 8.78 Å². The van der Waals surface area contributed by atoms with Gasteiger partial charge in [0.2, 0.25) is 5.91 Å². The first-order valence-corrected chi connectivity index (χ1v) is 8.84. The van der Waals surface area contributed by atoms with Crippen LogP contribution in [0.5, 0.6) is 0 Å². The van der Waals surface area contributed by atoms with Crippen molar-refractivity contribution in [2.75, 3.05) is 5.75 Å². The predicted octanol–water partition coefficient (Wildman–Crippen LogP) is 4.66. The summed E-state index contributed by atoms with van der Waals surface area (Å²) in [5.74, 6) is -0.871. The van der Waals surface area contributed by atoms with Crippen LogP contribution in [0.25, 0.3) is 0 Å². The van der Waals surface area contributed by atoms with E-state index in [1.54, 1.807) is 16.7 Å². The fraction of sp³-hybridized carbons (Fsp3) is 0.316. The van der Waals surface area contributed by atoms with Crippen molar-refractivity contribution in [3.8, 4) is 0 Å². The molecular weight excluding hydrogens is 328 g/mol. The highest BCUT2D eigenvalue weighted by Gasteiger charge is 2.35. The number of hydrogen-bond donors (Lipinski definition) is 0. The van der Waals surface area contributed by atoms with Gasteiger partial charge in [0.15, 0.2) is 0 Å². The van der Waals surface area contributed by atoms with Gasteiger partial charge in [-0.05, 0) is 43.5 Å². The molecular formula is C19H19F2NOS. The van der Waals surface area contributed by atoms with E-state index in [0.717, 1.165) is 22.8 Å². The van der Waals surface area contributed by atoms with Crippen LogP contribution in [-0.4, -0.2) is 16.6 Å². The van der Waals surface area contributed by atoms with E-state index in [9.17, 15) is 13.6 Å². The van der Waals surface area contributed by atoms with E-state index in [4.69, 9.17) is 0 Å². The molecule has 1 unspecified atom stereocenters. The minimum absolute atomic E-state index is 0.0203. The monoisotopic (exact) mass is 347 g/mol. The Labute approximate surface area is 144 Å². The number of carbonyl (C=O) groups excluding carboxylic acids is 1. The molecule has 1 aliphatic heterocycles. The summed E-state index contributed by atoms with van der Waals surface area (Å²) >= 11 is 1.55. The first-order chi connectivity index (χ1) is 11.4. The molecule has 2 nitrogen and oxygen atoms in total. The van der Waals surface area contributed by atoms with Crippen molar-refractivity contribution in [3.63, 3.8) is 0 Å². The summed E-state index contributed by atoms with van der Waals surface area (Å²) in [7, 11) is 0. The molecule has 0 bridgehead atoms. The number of nitrogens with zero attached hydrogens (tertiary/aromatic N) is 1. The van der Waals surface area contributed by atoms with Crippen molar-refractivity contribution in [2.24, 2.45) is 0 Å². The van der Waals surface area contributed by atoms with Gasteiger partial charge in [-0.1, -0.05) is 23.8 Å². The first-order valence-electron chi connectivity index (χ1n) is 7.79. The Kier molecular flexibility index (Phi) is 4.63. The lowest BCUT2D eigenvalue weighted by molar-refractivity contribution is -0.128. The predicted molar refractivity (Wildman–Crippen MR) is 92.8 cm³/mol. The molecule has 1 aliphatic rings. The normalized spacial score (nSPS) is 17.6. The fourth-order valence-corrected chi connectivity index (χ4v) is 4.66. The molecule has 3 rings (SSSR count). The molecule has 2 aromatic carbocycles. The van der Waals surface area contributed by atoms with Gasteiger partial charge in [0.05, 0.1) is 5.75 Å². The van der Waals surface area contributed by atoms with Gasteiger partial charge in [0.25, 0.3) is 0 Å². The second-order valence-corrected chi connectivity index (χ2v) is 7.30. The fourth-order valence-electron chi connectivity index (χ4n) is 3.28. The van der Waals surface area contributed by atoms with Gasteiger partial charge < -0.3 is 4.90 Å². The van der Waals surface area contributed by atoms with Crippen LogP contribution < -0.4 is 0 Å². The third-order valence-corrected chi connectivity index (χ3v) is 5.53. The van der Waals surface area contributed by atoms with E-state index in [1.807, 2.05) is 20.8 Å². The number of amides is 1. The Morgan fingerprint density at radius 2 is 1.79 bits per heavy atom. The van der Waals surface area contributed by atoms with Crippen LogP contribution in [-0.2, 0) is 11.3 Å². The molecule has 1 fully saturated rings. The Bertz CT molecular complexity index is 783. The molecule has 0 saturated carbocycles. The molecule has 1 atom stereocenters. The van der Waals surface area contributed by atoms with E-state index in [-0.39, 0.29) is 17.8 Å². The van der Waals surface area contributed by atoms with Gasteiger partial charge in [-0.3, -0.25) is 4.79 Å². The lowest BCUT2D eigenvalue weighted by Gasteiger charge is -2.27. The highest BCUT2D eigenvalue weighted by Crippen LogP contribution is 2.42. The summed E-state index contributed by atoms with van der Waals surface area (Å²) in [5.41, 5.74) is 4.88. The Morgan fingerprint density at radius 1 is 1.12 bits per heavy atom. The zero-order chi connectivity index (χ0) is 17.4. The summed E-state index contributed by atoms with van der Waals surface area (Å²) in [5, 5.41) is -0.137. The summed E-state index contributed by atoms with van der Waals surface area (Å²) in [6.07, 6.45) is 0. The molecule has 5 heteroatoms. The lowest BCUT2D eigenvalue weighted by atomic mass is 9.99. The van der Waals surface area contributed by atoms with Gasteiger partial charge in [-0.25, -0.2) is 8.78 Å². The van der Waals surface area contributed by atoms with Crippen LogP contribution in [0, 0.1) is 32.4 Å². The second kappa shape index (κ2) is 6.55. The largest absolute Gasteiger partial charge is 0.321 e. The number of carbonyl (C=O) groups is 1. The van der Waals surface area contributed by atoms with E-state index >= 15 is 0 Å². The van der Waals surface area contributed by atoms with Crippen molar-refractivity contribution in [2.45, 2.75) is 32.7 Å². The maximum atomic E-state index is 14.0. The SMILES string of the molecule is Cc1cc(C)c(C2SCC(=O)N2Cc2ccc(F)cc2F)c(C)c1.